The number of ether oxygens (including phenoxy) is 3. The van der Waals surface area contributed by atoms with E-state index >= 15 is 0 Å². The summed E-state index contributed by atoms with van der Waals surface area (Å²) < 4.78 is 31.9. The van der Waals surface area contributed by atoms with Crippen LogP contribution >= 0.6 is 11.6 Å². The van der Waals surface area contributed by atoms with E-state index in [1.165, 1.54) is 12.1 Å². The minimum atomic E-state index is -1.24. The van der Waals surface area contributed by atoms with Crippen molar-refractivity contribution in [3.8, 4) is 22.6 Å². The van der Waals surface area contributed by atoms with E-state index in [0.29, 0.717) is 46.5 Å². The number of hydrogen-bond donors (Lipinski definition) is 1. The summed E-state index contributed by atoms with van der Waals surface area (Å²) in [5, 5.41) is 11.2. The van der Waals surface area contributed by atoms with Crippen LogP contribution in [0.1, 0.15) is 76.1 Å². The Labute approximate surface area is 294 Å². The minimum absolute atomic E-state index is 0.136. The Morgan fingerprint density at radius 2 is 1.67 bits per heavy atom. The lowest BCUT2D eigenvalue weighted by Crippen LogP contribution is -2.39. The van der Waals surface area contributed by atoms with Gasteiger partial charge in [-0.15, -0.1) is 0 Å². The van der Waals surface area contributed by atoms with Gasteiger partial charge >= 0.3 is 5.97 Å². The zero-order valence-corrected chi connectivity index (χ0v) is 29.9. The van der Waals surface area contributed by atoms with Crippen molar-refractivity contribution < 1.29 is 28.5 Å². The van der Waals surface area contributed by atoms with Crippen LogP contribution in [0.5, 0.6) is 11.5 Å². The van der Waals surface area contributed by atoms with E-state index in [2.05, 4.69) is 18.7 Å². The Morgan fingerprint density at radius 1 is 1.00 bits per heavy atom. The third kappa shape index (κ3) is 9.52. The van der Waals surface area contributed by atoms with Gasteiger partial charge in [0.25, 0.3) is 0 Å². The molecule has 0 unspecified atom stereocenters. The van der Waals surface area contributed by atoms with Gasteiger partial charge in [0, 0.05) is 41.4 Å². The molecular formula is C40H46ClFN2O5. The van der Waals surface area contributed by atoms with E-state index in [1.54, 1.807) is 24.3 Å². The Morgan fingerprint density at radius 3 is 2.29 bits per heavy atom. The molecule has 2 heterocycles. The molecule has 0 saturated carbocycles. The van der Waals surface area contributed by atoms with Crippen LogP contribution in [-0.2, 0) is 22.6 Å². The monoisotopic (exact) mass is 688 g/mol. The van der Waals surface area contributed by atoms with E-state index in [4.69, 9.17) is 30.8 Å². The van der Waals surface area contributed by atoms with Gasteiger partial charge in [0.1, 0.15) is 23.9 Å². The molecule has 1 atom stereocenters. The van der Waals surface area contributed by atoms with Gasteiger partial charge in [-0.1, -0.05) is 55.8 Å². The average Bonchev–Trinajstić information content (AvgIpc) is 3.03. The summed E-state index contributed by atoms with van der Waals surface area (Å²) >= 11 is 6.26. The number of carboxylic acid groups (broad SMARTS) is 1. The van der Waals surface area contributed by atoms with Gasteiger partial charge < -0.3 is 24.2 Å². The molecule has 1 saturated heterocycles. The lowest BCUT2D eigenvalue weighted by molar-refractivity contribution is -0.160. The number of aliphatic carboxylic acids is 1. The van der Waals surface area contributed by atoms with Gasteiger partial charge in [0.15, 0.2) is 6.10 Å². The molecule has 7 nitrogen and oxygen atoms in total. The molecule has 1 fully saturated rings. The van der Waals surface area contributed by atoms with E-state index in [9.17, 15) is 14.3 Å². The molecule has 1 N–H and O–H groups in total. The van der Waals surface area contributed by atoms with Gasteiger partial charge in [-0.25, -0.2) is 9.18 Å². The molecule has 49 heavy (non-hydrogen) atoms. The van der Waals surface area contributed by atoms with Crippen molar-refractivity contribution in [1.29, 1.82) is 0 Å². The molecule has 9 heteroatoms. The Hall–Kier alpha value is -4.14. The fourth-order valence-corrected chi connectivity index (χ4v) is 6.28. The zero-order chi connectivity index (χ0) is 35.3. The second-order valence-electron chi connectivity index (χ2n) is 14.4. The first kappa shape index (κ1) is 36.1. The standard InChI is InChI=1S/C40H46ClFN2O5/c1-26-34(37(38(45)46)49-39(2,3)4)36(44-21-19-40(5,6)20-22-44)35(33(43-26)25-48-32-9-7-8-29(41)24-32)28-12-16-31(17-13-28)47-23-18-27-10-14-30(42)15-11-27/h7-17,24,37H,18-23,25H2,1-6H3,(H,45,46)/t37-/m0/s1. The van der Waals surface area contributed by atoms with Crippen molar-refractivity contribution in [2.45, 2.75) is 79.1 Å². The number of rotatable bonds is 12. The van der Waals surface area contributed by atoms with Crippen molar-refractivity contribution in [2.24, 2.45) is 5.41 Å². The van der Waals surface area contributed by atoms with E-state index in [0.717, 1.165) is 48.3 Å². The number of carbonyl (C=O) groups is 1. The first-order valence-electron chi connectivity index (χ1n) is 16.7. The smallest absolute Gasteiger partial charge is 0.337 e. The van der Waals surface area contributed by atoms with E-state index in [1.807, 2.05) is 64.1 Å². The van der Waals surface area contributed by atoms with Crippen molar-refractivity contribution in [2.75, 3.05) is 24.6 Å². The zero-order valence-electron chi connectivity index (χ0n) is 29.2. The normalized spacial score (nSPS) is 15.1. The van der Waals surface area contributed by atoms with Gasteiger partial charge in [0.2, 0.25) is 0 Å². The van der Waals surface area contributed by atoms with Crippen LogP contribution in [0, 0.1) is 18.2 Å². The van der Waals surface area contributed by atoms with Gasteiger partial charge in [-0.05, 0) is 99.5 Å². The number of benzene rings is 3. The third-order valence-electron chi connectivity index (χ3n) is 8.75. The van der Waals surface area contributed by atoms with Gasteiger partial charge in [-0.3, -0.25) is 4.98 Å². The number of carboxylic acids is 1. The van der Waals surface area contributed by atoms with Crippen molar-refractivity contribution in [1.82, 2.24) is 4.98 Å². The van der Waals surface area contributed by atoms with Crippen LogP contribution < -0.4 is 14.4 Å². The maximum absolute atomic E-state index is 13.3. The molecule has 0 bridgehead atoms. The molecular weight excluding hydrogens is 643 g/mol. The molecule has 0 amide bonds. The summed E-state index contributed by atoms with van der Waals surface area (Å²) in [4.78, 5) is 20.3. The highest BCUT2D eigenvalue weighted by Gasteiger charge is 2.37. The van der Waals surface area contributed by atoms with Gasteiger partial charge in [0.05, 0.1) is 23.6 Å². The average molecular weight is 689 g/mol. The number of pyridine rings is 1. The molecule has 260 valence electrons. The van der Waals surface area contributed by atoms with Crippen LogP contribution in [0.4, 0.5) is 10.1 Å². The fourth-order valence-electron chi connectivity index (χ4n) is 6.10. The molecule has 1 aromatic heterocycles. The van der Waals surface area contributed by atoms with Crippen molar-refractivity contribution in [3.63, 3.8) is 0 Å². The topological polar surface area (TPSA) is 81.1 Å². The largest absolute Gasteiger partial charge is 0.493 e. The second-order valence-corrected chi connectivity index (χ2v) is 14.8. The van der Waals surface area contributed by atoms with Gasteiger partial charge in [-0.2, -0.15) is 0 Å². The molecule has 0 spiro atoms. The van der Waals surface area contributed by atoms with Crippen LogP contribution in [-0.4, -0.2) is 41.4 Å². The maximum atomic E-state index is 13.3. The number of aromatic nitrogens is 1. The molecule has 5 rings (SSSR count). The highest BCUT2D eigenvalue weighted by molar-refractivity contribution is 6.30. The first-order chi connectivity index (χ1) is 23.2. The summed E-state index contributed by atoms with van der Waals surface area (Å²) in [5.41, 5.74) is 4.67. The second kappa shape index (κ2) is 15.2. The van der Waals surface area contributed by atoms with Crippen LogP contribution in [0.2, 0.25) is 5.02 Å². The number of aryl methyl sites for hydroxylation is 1. The Balaban J connectivity index is 1.60. The fraction of sp³-hybridized carbons (Fsp3) is 0.400. The number of piperidine rings is 1. The highest BCUT2D eigenvalue weighted by Crippen LogP contribution is 2.45. The molecule has 1 aliphatic rings. The lowest BCUT2D eigenvalue weighted by Gasteiger charge is -2.41. The SMILES string of the molecule is Cc1nc(COc2cccc(Cl)c2)c(-c2ccc(OCCc3ccc(F)cc3)cc2)c(N2CCC(C)(C)CC2)c1[C@H](OC(C)(C)C)C(=O)O. The Bertz CT molecular complexity index is 1740. The molecule has 3 aromatic carbocycles. The highest BCUT2D eigenvalue weighted by atomic mass is 35.5. The number of hydrogen-bond acceptors (Lipinski definition) is 6. The predicted molar refractivity (Wildman–Crippen MR) is 192 cm³/mol. The lowest BCUT2D eigenvalue weighted by atomic mass is 9.81. The third-order valence-corrected chi connectivity index (χ3v) is 8.99. The number of halogens is 2. The predicted octanol–water partition coefficient (Wildman–Crippen LogP) is 9.62. The van der Waals surface area contributed by atoms with Crippen LogP contribution in [0.15, 0.2) is 72.8 Å². The van der Waals surface area contributed by atoms with E-state index in [-0.39, 0.29) is 17.8 Å². The molecule has 1 aliphatic heterocycles. The van der Waals surface area contributed by atoms with Crippen LogP contribution in [0.3, 0.4) is 0 Å². The number of nitrogens with zero attached hydrogens (tertiary/aromatic N) is 2. The van der Waals surface area contributed by atoms with Crippen molar-refractivity contribution >= 4 is 23.3 Å². The summed E-state index contributed by atoms with van der Waals surface area (Å²) in [6, 6.07) is 21.4. The van der Waals surface area contributed by atoms with Crippen molar-refractivity contribution in [3.05, 3.63) is 106 Å². The van der Waals surface area contributed by atoms with Crippen LogP contribution in [0.25, 0.3) is 11.1 Å². The summed E-state index contributed by atoms with van der Waals surface area (Å²) in [5.74, 6) is -0.0490. The first-order valence-corrected chi connectivity index (χ1v) is 17.1. The summed E-state index contributed by atoms with van der Waals surface area (Å²) in [6.45, 7) is 14.0. The quantitative estimate of drug-likeness (QED) is 0.159. The van der Waals surface area contributed by atoms with E-state index < -0.39 is 17.7 Å². The molecule has 0 aliphatic carbocycles. The number of anilines is 1. The summed E-state index contributed by atoms with van der Waals surface area (Å²) in [7, 11) is 0. The maximum Gasteiger partial charge on any atom is 0.337 e. The molecule has 4 aromatic rings. The summed E-state index contributed by atoms with van der Waals surface area (Å²) in [6.07, 6.45) is 1.28. The minimum Gasteiger partial charge on any atom is -0.493 e. The molecule has 0 radical (unpaired) electrons. The Kier molecular flexibility index (Phi) is 11.2.